The summed E-state index contributed by atoms with van der Waals surface area (Å²) in [6.07, 6.45) is 0. The van der Waals surface area contributed by atoms with Gasteiger partial charge in [-0.15, -0.1) is 23.5 Å². The zero-order valence-corrected chi connectivity index (χ0v) is 23.1. The second-order valence-corrected chi connectivity index (χ2v) is 10.4. The Morgan fingerprint density at radius 2 is 1.08 bits per heavy atom. The smallest absolute Gasteiger partial charge is 0.234 e. The van der Waals surface area contributed by atoms with Gasteiger partial charge < -0.3 is 22.1 Å². The normalized spacial score (nSPS) is 10.2. The topological polar surface area (TPSA) is 110 Å². The van der Waals surface area contributed by atoms with Gasteiger partial charge in [0.1, 0.15) is 0 Å². The molecule has 0 radical (unpaired) electrons. The lowest BCUT2D eigenvalue weighted by Crippen LogP contribution is -2.14. The van der Waals surface area contributed by atoms with Crippen molar-refractivity contribution in [1.82, 2.24) is 0 Å². The SMILES string of the molecule is Cc1ccc(NC(=O)CSc2ccccc2N)cc1C.Nc1ccccc1SCC(=O)Nc1ccccc1. The molecular formula is C30H32N4O2S2. The molecule has 4 aromatic rings. The van der Waals surface area contributed by atoms with Crippen molar-refractivity contribution in [3.63, 3.8) is 0 Å². The van der Waals surface area contributed by atoms with Crippen molar-refractivity contribution in [2.75, 3.05) is 33.6 Å². The first kappa shape index (κ1) is 28.7. The summed E-state index contributed by atoms with van der Waals surface area (Å²) in [6, 6.07) is 30.4. The molecular weight excluding hydrogens is 512 g/mol. The van der Waals surface area contributed by atoms with Crippen molar-refractivity contribution in [1.29, 1.82) is 0 Å². The van der Waals surface area contributed by atoms with Crippen LogP contribution in [0, 0.1) is 13.8 Å². The summed E-state index contributed by atoms with van der Waals surface area (Å²) in [5.74, 6) is 0.639. The maximum Gasteiger partial charge on any atom is 0.234 e. The third kappa shape index (κ3) is 9.53. The summed E-state index contributed by atoms with van der Waals surface area (Å²) in [5, 5.41) is 5.73. The number of nitrogen functional groups attached to an aromatic ring is 2. The quantitative estimate of drug-likeness (QED) is 0.147. The number of carbonyl (C=O) groups is 2. The van der Waals surface area contributed by atoms with E-state index < -0.39 is 0 Å². The first-order chi connectivity index (χ1) is 18.3. The van der Waals surface area contributed by atoms with Gasteiger partial charge in [-0.25, -0.2) is 0 Å². The Morgan fingerprint density at radius 1 is 0.605 bits per heavy atom. The van der Waals surface area contributed by atoms with E-state index in [0.717, 1.165) is 21.2 Å². The molecule has 38 heavy (non-hydrogen) atoms. The van der Waals surface area contributed by atoms with E-state index in [4.69, 9.17) is 11.5 Å². The Kier molecular flexibility index (Phi) is 11.1. The van der Waals surface area contributed by atoms with Crippen LogP contribution in [0.3, 0.4) is 0 Å². The summed E-state index contributed by atoms with van der Waals surface area (Å²) in [7, 11) is 0. The van der Waals surface area contributed by atoms with Crippen LogP contribution in [0.2, 0.25) is 0 Å². The van der Waals surface area contributed by atoms with Crippen LogP contribution in [0.4, 0.5) is 22.7 Å². The van der Waals surface area contributed by atoms with Crippen LogP contribution in [0.15, 0.2) is 107 Å². The van der Waals surface area contributed by atoms with E-state index in [0.29, 0.717) is 22.9 Å². The Hall–Kier alpha value is -3.88. The van der Waals surface area contributed by atoms with Gasteiger partial charge in [-0.3, -0.25) is 9.59 Å². The van der Waals surface area contributed by atoms with Gasteiger partial charge in [-0.05, 0) is 73.5 Å². The molecule has 0 saturated carbocycles. The highest BCUT2D eigenvalue weighted by Crippen LogP contribution is 2.25. The van der Waals surface area contributed by atoms with Crippen molar-refractivity contribution < 1.29 is 9.59 Å². The molecule has 4 aromatic carbocycles. The maximum atomic E-state index is 11.9. The zero-order chi connectivity index (χ0) is 27.3. The van der Waals surface area contributed by atoms with E-state index in [2.05, 4.69) is 17.6 Å². The molecule has 6 nitrogen and oxygen atoms in total. The van der Waals surface area contributed by atoms with Crippen LogP contribution in [0.25, 0.3) is 0 Å². The molecule has 196 valence electrons. The number of anilines is 4. The predicted molar refractivity (Wildman–Crippen MR) is 163 cm³/mol. The molecule has 0 aliphatic rings. The van der Waals surface area contributed by atoms with Crippen molar-refractivity contribution in [3.8, 4) is 0 Å². The van der Waals surface area contributed by atoms with Gasteiger partial charge in [0.05, 0.1) is 11.5 Å². The lowest BCUT2D eigenvalue weighted by atomic mass is 10.1. The second kappa shape index (κ2) is 14.8. The molecule has 8 heteroatoms. The highest BCUT2D eigenvalue weighted by molar-refractivity contribution is 8.00. The predicted octanol–water partition coefficient (Wildman–Crippen LogP) is 6.62. The molecule has 0 spiro atoms. The van der Waals surface area contributed by atoms with Crippen molar-refractivity contribution in [2.24, 2.45) is 0 Å². The van der Waals surface area contributed by atoms with Gasteiger partial charge in [-0.2, -0.15) is 0 Å². The molecule has 6 N–H and O–H groups in total. The molecule has 0 saturated heterocycles. The van der Waals surface area contributed by atoms with Crippen LogP contribution in [-0.2, 0) is 9.59 Å². The molecule has 0 unspecified atom stereocenters. The standard InChI is InChI=1S/C16H18N2OS.C14H14N2OS/c1-11-7-8-13(9-12(11)2)18-16(19)10-20-15-6-4-3-5-14(15)17;15-12-8-4-5-9-13(12)18-10-14(17)16-11-6-2-1-3-7-11/h3-9H,10,17H2,1-2H3,(H,18,19);1-9H,10,15H2,(H,16,17). The highest BCUT2D eigenvalue weighted by atomic mass is 32.2. The number of nitrogens with two attached hydrogens (primary N) is 2. The fourth-order valence-electron chi connectivity index (χ4n) is 3.25. The van der Waals surface area contributed by atoms with E-state index in [9.17, 15) is 9.59 Å². The van der Waals surface area contributed by atoms with Gasteiger partial charge in [0.15, 0.2) is 0 Å². The van der Waals surface area contributed by atoms with Gasteiger partial charge in [-0.1, -0.05) is 48.5 Å². The number of nitrogens with one attached hydrogen (secondary N) is 2. The maximum absolute atomic E-state index is 11.9. The number of hydrogen-bond donors (Lipinski definition) is 4. The van der Waals surface area contributed by atoms with Crippen molar-refractivity contribution >= 4 is 58.1 Å². The molecule has 0 atom stereocenters. The third-order valence-corrected chi connectivity index (χ3v) is 7.58. The molecule has 0 aliphatic heterocycles. The molecule has 2 amide bonds. The summed E-state index contributed by atoms with van der Waals surface area (Å²) in [4.78, 5) is 25.5. The highest BCUT2D eigenvalue weighted by Gasteiger charge is 2.07. The first-order valence-corrected chi connectivity index (χ1v) is 14.0. The lowest BCUT2D eigenvalue weighted by Gasteiger charge is -2.08. The zero-order valence-electron chi connectivity index (χ0n) is 21.4. The van der Waals surface area contributed by atoms with Crippen LogP contribution >= 0.6 is 23.5 Å². The largest absolute Gasteiger partial charge is 0.398 e. The molecule has 0 heterocycles. The lowest BCUT2D eigenvalue weighted by molar-refractivity contribution is -0.114. The Balaban J connectivity index is 0.000000212. The third-order valence-electron chi connectivity index (χ3n) is 5.40. The Bertz CT molecular complexity index is 1360. The van der Waals surface area contributed by atoms with Gasteiger partial charge in [0, 0.05) is 32.5 Å². The van der Waals surface area contributed by atoms with Crippen LogP contribution < -0.4 is 22.1 Å². The number of rotatable bonds is 8. The van der Waals surface area contributed by atoms with Gasteiger partial charge >= 0.3 is 0 Å². The average molecular weight is 545 g/mol. The van der Waals surface area contributed by atoms with E-state index in [1.807, 2.05) is 104 Å². The van der Waals surface area contributed by atoms with Crippen molar-refractivity contribution in [3.05, 3.63) is 108 Å². The van der Waals surface area contributed by atoms with E-state index in [1.54, 1.807) is 0 Å². The second-order valence-electron chi connectivity index (χ2n) is 8.41. The van der Waals surface area contributed by atoms with E-state index in [1.165, 1.54) is 34.7 Å². The minimum Gasteiger partial charge on any atom is -0.398 e. The number of benzene rings is 4. The number of amides is 2. The van der Waals surface area contributed by atoms with Crippen LogP contribution in [0.5, 0.6) is 0 Å². The average Bonchev–Trinajstić information content (AvgIpc) is 2.91. The number of hydrogen-bond acceptors (Lipinski definition) is 6. The fraction of sp³-hybridized carbons (Fsp3) is 0.133. The number of para-hydroxylation sites is 3. The van der Waals surface area contributed by atoms with Crippen LogP contribution in [-0.4, -0.2) is 23.3 Å². The van der Waals surface area contributed by atoms with Crippen molar-refractivity contribution in [2.45, 2.75) is 23.6 Å². The minimum absolute atomic E-state index is 0.0264. The van der Waals surface area contributed by atoms with E-state index >= 15 is 0 Å². The summed E-state index contributed by atoms with van der Waals surface area (Å²) in [6.45, 7) is 4.08. The van der Waals surface area contributed by atoms with Crippen LogP contribution in [0.1, 0.15) is 11.1 Å². The Morgan fingerprint density at radius 3 is 1.58 bits per heavy atom. The summed E-state index contributed by atoms with van der Waals surface area (Å²) >= 11 is 2.88. The van der Waals surface area contributed by atoms with Gasteiger partial charge in [0.25, 0.3) is 0 Å². The summed E-state index contributed by atoms with van der Waals surface area (Å²) in [5.41, 5.74) is 17.1. The number of aryl methyl sites for hydroxylation is 2. The number of carbonyl (C=O) groups excluding carboxylic acids is 2. The molecule has 0 aromatic heterocycles. The molecule has 0 aliphatic carbocycles. The van der Waals surface area contributed by atoms with Gasteiger partial charge in [0.2, 0.25) is 11.8 Å². The Labute approximate surface area is 232 Å². The minimum atomic E-state index is -0.0329. The molecule has 0 fully saturated rings. The monoisotopic (exact) mass is 544 g/mol. The summed E-state index contributed by atoms with van der Waals surface area (Å²) < 4.78 is 0. The first-order valence-electron chi connectivity index (χ1n) is 12.0. The molecule has 4 rings (SSSR count). The number of thioether (sulfide) groups is 2. The molecule has 0 bridgehead atoms. The van der Waals surface area contributed by atoms with E-state index in [-0.39, 0.29) is 11.8 Å². The fourth-order valence-corrected chi connectivity index (χ4v) is 4.78.